The van der Waals surface area contributed by atoms with Gasteiger partial charge in [0.2, 0.25) is 0 Å². The van der Waals surface area contributed by atoms with Crippen molar-refractivity contribution in [1.82, 2.24) is 0 Å². The van der Waals surface area contributed by atoms with E-state index < -0.39 is 17.6 Å². The molecule has 1 aliphatic heterocycles. The largest absolute Gasteiger partial charge is 0.418 e. The number of alkyl halides is 3. The molecule has 1 saturated heterocycles. The zero-order valence-corrected chi connectivity index (χ0v) is 15.3. The summed E-state index contributed by atoms with van der Waals surface area (Å²) in [7, 11) is 0. The lowest BCUT2D eigenvalue weighted by molar-refractivity contribution is -0.892. The van der Waals surface area contributed by atoms with Crippen molar-refractivity contribution >= 4 is 28.9 Å². The summed E-state index contributed by atoms with van der Waals surface area (Å²) in [4.78, 5) is 15.4. The average Bonchev–Trinajstić information content (AvgIpc) is 2.62. The van der Waals surface area contributed by atoms with E-state index in [2.05, 4.69) is 10.2 Å². The van der Waals surface area contributed by atoms with Crippen LogP contribution in [0.25, 0.3) is 0 Å². The summed E-state index contributed by atoms with van der Waals surface area (Å²) >= 11 is 6.02. The molecule has 2 N–H and O–H groups in total. The summed E-state index contributed by atoms with van der Waals surface area (Å²) in [5.41, 5.74) is -0.00352. The highest BCUT2D eigenvalue weighted by Gasteiger charge is 2.34. The van der Waals surface area contributed by atoms with Crippen molar-refractivity contribution in [3.05, 3.63) is 59.1 Å². The number of nitrogens with zero attached hydrogens (tertiary/aromatic N) is 1. The molecule has 2 aromatic rings. The molecule has 1 heterocycles. The molecule has 8 heteroatoms. The Morgan fingerprint density at radius 1 is 1.11 bits per heavy atom. The molecule has 1 amide bonds. The van der Waals surface area contributed by atoms with Gasteiger partial charge < -0.3 is 15.1 Å². The van der Waals surface area contributed by atoms with Crippen LogP contribution < -0.4 is 15.1 Å². The van der Waals surface area contributed by atoms with E-state index in [1.54, 1.807) is 0 Å². The molecule has 0 aliphatic carbocycles. The first-order valence-electron chi connectivity index (χ1n) is 8.63. The number of benzene rings is 2. The Morgan fingerprint density at radius 3 is 2.48 bits per heavy atom. The van der Waals surface area contributed by atoms with E-state index >= 15 is 0 Å². The van der Waals surface area contributed by atoms with Crippen LogP contribution in [-0.4, -0.2) is 38.6 Å². The maximum Gasteiger partial charge on any atom is 0.418 e. The molecular formula is C19H20ClF3N3O+. The van der Waals surface area contributed by atoms with Crippen molar-refractivity contribution in [3.63, 3.8) is 0 Å². The third-order valence-corrected chi connectivity index (χ3v) is 4.80. The van der Waals surface area contributed by atoms with Crippen LogP contribution in [0.5, 0.6) is 0 Å². The van der Waals surface area contributed by atoms with Gasteiger partial charge in [-0.1, -0.05) is 29.8 Å². The highest BCUT2D eigenvalue weighted by atomic mass is 35.5. The predicted molar refractivity (Wildman–Crippen MR) is 99.3 cm³/mol. The molecule has 4 nitrogen and oxygen atoms in total. The van der Waals surface area contributed by atoms with Gasteiger partial charge >= 0.3 is 6.18 Å². The van der Waals surface area contributed by atoms with Crippen LogP contribution >= 0.6 is 11.6 Å². The van der Waals surface area contributed by atoms with Gasteiger partial charge in [-0.05, 0) is 30.3 Å². The summed E-state index contributed by atoms with van der Waals surface area (Å²) in [6.07, 6.45) is -4.50. The van der Waals surface area contributed by atoms with E-state index in [-0.39, 0.29) is 12.2 Å². The van der Waals surface area contributed by atoms with Crippen molar-refractivity contribution in [2.45, 2.75) is 6.18 Å². The van der Waals surface area contributed by atoms with Crippen LogP contribution in [0.3, 0.4) is 0 Å². The molecule has 0 bridgehead atoms. The molecule has 27 heavy (non-hydrogen) atoms. The Labute approximate surface area is 160 Å². The molecule has 0 aromatic heterocycles. The number of piperazine rings is 1. The summed E-state index contributed by atoms with van der Waals surface area (Å²) in [6, 6.07) is 12.6. The van der Waals surface area contributed by atoms with Crippen LogP contribution in [0, 0.1) is 0 Å². The number of para-hydroxylation sites is 1. The molecule has 2 aromatic carbocycles. The second kappa shape index (κ2) is 8.19. The van der Waals surface area contributed by atoms with Gasteiger partial charge in [-0.15, -0.1) is 0 Å². The van der Waals surface area contributed by atoms with Gasteiger partial charge in [0.05, 0.1) is 37.4 Å². The lowest BCUT2D eigenvalue weighted by atomic mass is 10.1. The summed E-state index contributed by atoms with van der Waals surface area (Å²) in [6.45, 7) is 3.08. The third-order valence-electron chi connectivity index (χ3n) is 4.56. The number of carbonyl (C=O) groups excluding carboxylic acids is 1. The van der Waals surface area contributed by atoms with Crippen LogP contribution in [0.2, 0.25) is 5.02 Å². The minimum Gasteiger partial charge on any atom is -0.360 e. The number of quaternary nitrogens is 1. The second-order valence-electron chi connectivity index (χ2n) is 6.49. The Balaban J connectivity index is 1.55. The van der Waals surface area contributed by atoms with E-state index in [0.717, 1.165) is 42.8 Å². The smallest absolute Gasteiger partial charge is 0.360 e. The van der Waals surface area contributed by atoms with Gasteiger partial charge in [0, 0.05) is 10.7 Å². The molecule has 1 fully saturated rings. The fourth-order valence-electron chi connectivity index (χ4n) is 3.19. The van der Waals surface area contributed by atoms with E-state index in [0.29, 0.717) is 5.02 Å². The Bertz CT molecular complexity index is 805. The molecule has 0 atom stereocenters. The van der Waals surface area contributed by atoms with E-state index in [1.807, 2.05) is 24.3 Å². The number of nitrogens with one attached hydrogen (secondary N) is 2. The number of hydrogen-bond acceptors (Lipinski definition) is 2. The highest BCUT2D eigenvalue weighted by Crippen LogP contribution is 2.34. The highest BCUT2D eigenvalue weighted by molar-refractivity contribution is 6.30. The van der Waals surface area contributed by atoms with Gasteiger partial charge in [-0.2, -0.15) is 13.2 Å². The monoisotopic (exact) mass is 398 g/mol. The molecule has 1 aliphatic rings. The molecule has 3 rings (SSSR count). The van der Waals surface area contributed by atoms with Gasteiger partial charge in [0.15, 0.2) is 6.54 Å². The lowest BCUT2D eigenvalue weighted by Gasteiger charge is -2.33. The van der Waals surface area contributed by atoms with Crippen molar-refractivity contribution in [2.24, 2.45) is 0 Å². The van der Waals surface area contributed by atoms with Gasteiger partial charge in [0.25, 0.3) is 5.91 Å². The van der Waals surface area contributed by atoms with Crippen molar-refractivity contribution in [1.29, 1.82) is 0 Å². The maximum atomic E-state index is 13.0. The molecule has 0 unspecified atom stereocenters. The predicted octanol–water partition coefficient (Wildman–Crippen LogP) is 2.70. The van der Waals surface area contributed by atoms with Crippen LogP contribution in [-0.2, 0) is 11.0 Å². The number of hydrogen-bond donors (Lipinski definition) is 2. The normalized spacial score (nSPS) is 15.6. The molecule has 0 spiro atoms. The Kier molecular flexibility index (Phi) is 5.92. The molecule has 144 valence electrons. The number of halogens is 4. The molecular weight excluding hydrogens is 379 g/mol. The topological polar surface area (TPSA) is 36.8 Å². The third kappa shape index (κ3) is 5.14. The van der Waals surface area contributed by atoms with Crippen LogP contribution in [0.1, 0.15) is 5.56 Å². The zero-order valence-electron chi connectivity index (χ0n) is 14.5. The van der Waals surface area contributed by atoms with Crippen LogP contribution in [0.15, 0.2) is 48.5 Å². The van der Waals surface area contributed by atoms with E-state index in [1.165, 1.54) is 18.2 Å². The fourth-order valence-corrected chi connectivity index (χ4v) is 3.38. The molecule has 0 radical (unpaired) electrons. The summed E-state index contributed by atoms with van der Waals surface area (Å²) in [5, 5.41) is 3.08. The van der Waals surface area contributed by atoms with Crippen molar-refractivity contribution < 1.29 is 22.9 Å². The SMILES string of the molecule is O=C(C[NH+]1CCN(c2cccc(Cl)c2)CC1)Nc1ccccc1C(F)(F)F. The number of carbonyl (C=O) groups is 1. The average molecular weight is 399 g/mol. The minimum absolute atomic E-state index is 0.135. The fraction of sp³-hybridized carbons (Fsp3) is 0.316. The number of anilines is 2. The Morgan fingerprint density at radius 2 is 1.81 bits per heavy atom. The van der Waals surface area contributed by atoms with Crippen LogP contribution in [0.4, 0.5) is 24.5 Å². The summed E-state index contributed by atoms with van der Waals surface area (Å²) in [5.74, 6) is -0.419. The van der Waals surface area contributed by atoms with Crippen molar-refractivity contribution in [3.8, 4) is 0 Å². The van der Waals surface area contributed by atoms with Gasteiger partial charge in [0.1, 0.15) is 0 Å². The zero-order chi connectivity index (χ0) is 19.4. The van der Waals surface area contributed by atoms with E-state index in [9.17, 15) is 18.0 Å². The lowest BCUT2D eigenvalue weighted by Crippen LogP contribution is -3.15. The maximum absolute atomic E-state index is 13.0. The molecule has 0 saturated carbocycles. The minimum atomic E-state index is -4.50. The number of rotatable bonds is 4. The van der Waals surface area contributed by atoms with Gasteiger partial charge in [-0.3, -0.25) is 4.79 Å². The quantitative estimate of drug-likeness (QED) is 0.831. The number of amides is 1. The first-order valence-corrected chi connectivity index (χ1v) is 9.01. The first-order chi connectivity index (χ1) is 12.8. The van der Waals surface area contributed by atoms with E-state index in [4.69, 9.17) is 11.6 Å². The second-order valence-corrected chi connectivity index (χ2v) is 6.92. The van der Waals surface area contributed by atoms with Gasteiger partial charge in [-0.25, -0.2) is 0 Å². The Hall–Kier alpha value is -2.25. The standard InChI is InChI=1S/C19H19ClF3N3O/c20-14-4-3-5-15(12-14)26-10-8-25(9-11-26)13-18(27)24-17-7-2-1-6-16(17)19(21,22)23/h1-7,12H,8-11,13H2,(H,24,27)/p+1. The first kappa shape index (κ1) is 19.5. The summed E-state index contributed by atoms with van der Waals surface area (Å²) < 4.78 is 39.1. The van der Waals surface area contributed by atoms with Crippen molar-refractivity contribution in [2.75, 3.05) is 42.9 Å².